The molecule has 0 aromatic heterocycles. The molecule has 0 saturated carbocycles. The third-order valence-corrected chi connectivity index (χ3v) is 4.32. The molecule has 0 unspecified atom stereocenters. The number of sulfonamides is 1. The van der Waals surface area contributed by atoms with E-state index in [1.165, 1.54) is 12.1 Å². The minimum absolute atomic E-state index is 0.0314. The van der Waals surface area contributed by atoms with Crippen LogP contribution in [0.4, 0.5) is 0 Å². The molecule has 1 amide bonds. The molecule has 0 spiro atoms. The smallest absolute Gasteiger partial charge is 0.322 e. The molecule has 9 heteroatoms. The zero-order chi connectivity index (χ0) is 15.3. The molecule has 1 aromatic rings. The second-order valence-electron chi connectivity index (χ2n) is 3.86. The van der Waals surface area contributed by atoms with E-state index in [1.807, 2.05) is 5.32 Å². The van der Waals surface area contributed by atoms with Crippen LogP contribution in [0.25, 0.3) is 0 Å². The van der Waals surface area contributed by atoms with Crippen molar-refractivity contribution in [3.63, 3.8) is 0 Å². The van der Waals surface area contributed by atoms with Crippen LogP contribution in [-0.4, -0.2) is 38.5 Å². The first-order chi connectivity index (χ1) is 9.24. The molecule has 0 aliphatic heterocycles. The van der Waals surface area contributed by atoms with Crippen LogP contribution in [0.3, 0.4) is 0 Å². The number of carboxylic acid groups (broad SMARTS) is 1. The summed E-state index contributed by atoms with van der Waals surface area (Å²) in [5.41, 5.74) is 0.368. The molecular weight excluding hydrogens is 308 g/mol. The standard InChI is InChI=1S/C11H13ClN2O5S/c1-7-8(12)3-2-4-9(7)20(18,19)14-5-10(15)13-6-11(16)17/h2-4,14H,5-6H2,1H3,(H,13,15)(H,16,17). The van der Waals surface area contributed by atoms with Crippen molar-refractivity contribution in [3.8, 4) is 0 Å². The van der Waals surface area contributed by atoms with E-state index in [2.05, 4.69) is 4.72 Å². The lowest BCUT2D eigenvalue weighted by atomic mass is 10.2. The Hall–Kier alpha value is -1.64. The number of halogens is 1. The number of aliphatic carboxylic acids is 1. The Morgan fingerprint density at radius 3 is 2.55 bits per heavy atom. The Balaban J connectivity index is 2.74. The summed E-state index contributed by atoms with van der Waals surface area (Å²) in [6.45, 7) is 0.416. The number of hydrogen-bond donors (Lipinski definition) is 3. The maximum Gasteiger partial charge on any atom is 0.322 e. The van der Waals surface area contributed by atoms with Crippen molar-refractivity contribution in [1.29, 1.82) is 0 Å². The Bertz CT molecular complexity index is 630. The maximum absolute atomic E-state index is 12.0. The number of nitrogens with one attached hydrogen (secondary N) is 2. The van der Waals surface area contributed by atoms with Gasteiger partial charge in [0.1, 0.15) is 6.54 Å². The number of amides is 1. The Kier molecular flexibility index (Phi) is 5.49. The summed E-state index contributed by atoms with van der Waals surface area (Å²) < 4.78 is 26.0. The quantitative estimate of drug-likeness (QED) is 0.689. The SMILES string of the molecule is Cc1c(Cl)cccc1S(=O)(=O)NCC(=O)NCC(=O)O. The van der Waals surface area contributed by atoms with E-state index < -0.39 is 35.0 Å². The number of benzene rings is 1. The Labute approximate surface area is 121 Å². The normalized spacial score (nSPS) is 11.1. The summed E-state index contributed by atoms with van der Waals surface area (Å²) in [4.78, 5) is 21.5. The van der Waals surface area contributed by atoms with E-state index in [1.54, 1.807) is 13.0 Å². The summed E-state index contributed by atoms with van der Waals surface area (Å²) in [5, 5.41) is 10.7. The van der Waals surface area contributed by atoms with Crippen LogP contribution in [0.2, 0.25) is 5.02 Å². The lowest BCUT2D eigenvalue weighted by Gasteiger charge is -2.10. The van der Waals surface area contributed by atoms with Crippen molar-refractivity contribution in [2.45, 2.75) is 11.8 Å². The van der Waals surface area contributed by atoms with Gasteiger partial charge in [-0.15, -0.1) is 0 Å². The van der Waals surface area contributed by atoms with Gasteiger partial charge >= 0.3 is 5.97 Å². The number of carbonyl (C=O) groups is 2. The summed E-state index contributed by atoms with van der Waals surface area (Å²) in [6.07, 6.45) is 0. The van der Waals surface area contributed by atoms with Gasteiger partial charge in [0.2, 0.25) is 15.9 Å². The third kappa shape index (κ3) is 4.48. The monoisotopic (exact) mass is 320 g/mol. The van der Waals surface area contributed by atoms with Gasteiger partial charge in [-0.3, -0.25) is 9.59 Å². The minimum atomic E-state index is -3.89. The highest BCUT2D eigenvalue weighted by atomic mass is 35.5. The molecule has 1 aromatic carbocycles. The van der Waals surface area contributed by atoms with Crippen molar-refractivity contribution in [1.82, 2.24) is 10.0 Å². The molecule has 0 heterocycles. The number of carbonyl (C=O) groups excluding carboxylic acids is 1. The number of carboxylic acids is 1. The Morgan fingerprint density at radius 2 is 1.95 bits per heavy atom. The fourth-order valence-corrected chi connectivity index (χ4v) is 2.83. The van der Waals surface area contributed by atoms with Gasteiger partial charge in [-0.1, -0.05) is 17.7 Å². The second-order valence-corrected chi connectivity index (χ2v) is 6.00. The molecule has 0 bridgehead atoms. The number of rotatable bonds is 6. The fourth-order valence-electron chi connectivity index (χ4n) is 1.35. The third-order valence-electron chi connectivity index (χ3n) is 2.37. The largest absolute Gasteiger partial charge is 0.480 e. The molecule has 7 nitrogen and oxygen atoms in total. The molecule has 0 fully saturated rings. The van der Waals surface area contributed by atoms with Crippen LogP contribution < -0.4 is 10.0 Å². The van der Waals surface area contributed by atoms with E-state index in [4.69, 9.17) is 16.7 Å². The maximum atomic E-state index is 12.0. The summed E-state index contributed by atoms with van der Waals surface area (Å²) >= 11 is 5.83. The van der Waals surface area contributed by atoms with Gasteiger partial charge in [-0.05, 0) is 24.6 Å². The van der Waals surface area contributed by atoms with E-state index in [-0.39, 0.29) is 4.90 Å². The molecule has 0 atom stereocenters. The average Bonchev–Trinajstić information content (AvgIpc) is 2.37. The van der Waals surface area contributed by atoms with Gasteiger partial charge in [0.05, 0.1) is 11.4 Å². The first kappa shape index (κ1) is 16.4. The summed E-state index contributed by atoms with van der Waals surface area (Å²) in [7, 11) is -3.89. The van der Waals surface area contributed by atoms with Crippen LogP contribution >= 0.6 is 11.6 Å². The molecule has 0 aliphatic carbocycles. The van der Waals surface area contributed by atoms with E-state index in [0.717, 1.165) is 0 Å². The molecule has 0 radical (unpaired) electrons. The lowest BCUT2D eigenvalue weighted by molar-refractivity contribution is -0.137. The lowest BCUT2D eigenvalue weighted by Crippen LogP contribution is -2.39. The molecule has 110 valence electrons. The first-order valence-electron chi connectivity index (χ1n) is 5.47. The highest BCUT2D eigenvalue weighted by molar-refractivity contribution is 7.89. The van der Waals surface area contributed by atoms with Crippen LogP contribution in [0.15, 0.2) is 23.1 Å². The molecule has 3 N–H and O–H groups in total. The van der Waals surface area contributed by atoms with Crippen molar-refractivity contribution in [2.75, 3.05) is 13.1 Å². The predicted molar refractivity (Wildman–Crippen MR) is 72.0 cm³/mol. The summed E-state index contributed by atoms with van der Waals surface area (Å²) in [6, 6.07) is 4.39. The average molecular weight is 321 g/mol. The molecule has 1 rings (SSSR count). The predicted octanol–water partition coefficient (Wildman–Crippen LogP) is 0.128. The van der Waals surface area contributed by atoms with E-state index in [9.17, 15) is 18.0 Å². The van der Waals surface area contributed by atoms with Gasteiger partial charge in [-0.25, -0.2) is 13.1 Å². The van der Waals surface area contributed by atoms with Crippen molar-refractivity contribution >= 4 is 33.5 Å². The zero-order valence-corrected chi connectivity index (χ0v) is 12.1. The molecule has 0 aliphatic rings. The van der Waals surface area contributed by atoms with Crippen molar-refractivity contribution in [2.24, 2.45) is 0 Å². The van der Waals surface area contributed by atoms with Gasteiger partial charge in [0.15, 0.2) is 0 Å². The highest BCUT2D eigenvalue weighted by Crippen LogP contribution is 2.22. The molecule has 0 saturated heterocycles. The fraction of sp³-hybridized carbons (Fsp3) is 0.273. The molecular formula is C11H13ClN2O5S. The molecule has 20 heavy (non-hydrogen) atoms. The number of hydrogen-bond acceptors (Lipinski definition) is 4. The van der Waals surface area contributed by atoms with Crippen LogP contribution in [0.5, 0.6) is 0 Å². The van der Waals surface area contributed by atoms with Gasteiger partial charge in [0.25, 0.3) is 0 Å². The minimum Gasteiger partial charge on any atom is -0.480 e. The second kappa shape index (κ2) is 6.69. The summed E-state index contributed by atoms with van der Waals surface area (Å²) in [5.74, 6) is -1.96. The Morgan fingerprint density at radius 1 is 1.30 bits per heavy atom. The van der Waals surface area contributed by atoms with E-state index >= 15 is 0 Å². The van der Waals surface area contributed by atoms with Crippen molar-refractivity contribution < 1.29 is 23.1 Å². The van der Waals surface area contributed by atoms with Crippen molar-refractivity contribution in [3.05, 3.63) is 28.8 Å². The van der Waals surface area contributed by atoms with E-state index in [0.29, 0.717) is 10.6 Å². The zero-order valence-electron chi connectivity index (χ0n) is 10.5. The first-order valence-corrected chi connectivity index (χ1v) is 7.33. The van der Waals surface area contributed by atoms with Gasteiger partial charge in [0, 0.05) is 5.02 Å². The van der Waals surface area contributed by atoms with Crippen LogP contribution in [0.1, 0.15) is 5.56 Å². The van der Waals surface area contributed by atoms with Crippen LogP contribution in [0, 0.1) is 6.92 Å². The van der Waals surface area contributed by atoms with Gasteiger partial charge in [-0.2, -0.15) is 0 Å². The van der Waals surface area contributed by atoms with Crippen LogP contribution in [-0.2, 0) is 19.6 Å². The van der Waals surface area contributed by atoms with Gasteiger partial charge < -0.3 is 10.4 Å². The topological polar surface area (TPSA) is 113 Å². The highest BCUT2D eigenvalue weighted by Gasteiger charge is 2.19.